The number of ether oxygens (including phenoxy) is 1. The Kier molecular flexibility index (Phi) is 6.11. The highest BCUT2D eigenvalue weighted by Crippen LogP contribution is 2.21. The zero-order valence-corrected chi connectivity index (χ0v) is 16.0. The van der Waals surface area contributed by atoms with Crippen LogP contribution in [0, 0.1) is 0 Å². The highest BCUT2D eigenvalue weighted by atomic mass is 16.5. The molecule has 0 saturated heterocycles. The summed E-state index contributed by atoms with van der Waals surface area (Å²) in [4.78, 5) is 36.6. The summed E-state index contributed by atoms with van der Waals surface area (Å²) < 4.78 is 6.11. The molecule has 154 valence electrons. The lowest BCUT2D eigenvalue weighted by Gasteiger charge is -2.16. The summed E-state index contributed by atoms with van der Waals surface area (Å²) in [7, 11) is 1.42. The first kappa shape index (κ1) is 20.6. The molecule has 30 heavy (non-hydrogen) atoms. The van der Waals surface area contributed by atoms with Gasteiger partial charge in [0.05, 0.1) is 7.11 Å². The fourth-order valence-electron chi connectivity index (χ4n) is 2.86. The van der Waals surface area contributed by atoms with E-state index in [9.17, 15) is 24.6 Å². The molecule has 0 bridgehead atoms. The second kappa shape index (κ2) is 8.91. The van der Waals surface area contributed by atoms with Crippen LogP contribution >= 0.6 is 0 Å². The maximum Gasteiger partial charge on any atom is 0.326 e. The van der Waals surface area contributed by atoms with Crippen LogP contribution in [-0.4, -0.2) is 45.0 Å². The second-order valence-electron chi connectivity index (χ2n) is 6.35. The van der Waals surface area contributed by atoms with Crippen molar-refractivity contribution in [2.24, 2.45) is 0 Å². The Hall–Kier alpha value is -4.14. The van der Waals surface area contributed by atoms with Crippen molar-refractivity contribution >= 4 is 11.9 Å². The molecule has 0 aliphatic heterocycles. The molecule has 1 atom stereocenters. The average Bonchev–Trinajstić information content (AvgIpc) is 2.74. The van der Waals surface area contributed by atoms with Crippen LogP contribution in [0.15, 0.2) is 65.5 Å². The van der Waals surface area contributed by atoms with Gasteiger partial charge in [-0.05, 0) is 17.7 Å². The Labute approximate surface area is 171 Å². The van der Waals surface area contributed by atoms with Gasteiger partial charge in [-0.1, -0.05) is 42.5 Å². The molecule has 1 heterocycles. The lowest BCUT2D eigenvalue weighted by Crippen LogP contribution is -2.43. The number of carboxylic acids is 1. The number of carbonyl (C=O) groups is 2. The Balaban J connectivity index is 1.93. The maximum absolute atomic E-state index is 12.7. The number of para-hydroxylation sites is 2. The first-order valence-electron chi connectivity index (χ1n) is 8.95. The van der Waals surface area contributed by atoms with Gasteiger partial charge in [0, 0.05) is 12.5 Å². The summed E-state index contributed by atoms with van der Waals surface area (Å²) >= 11 is 0. The summed E-state index contributed by atoms with van der Waals surface area (Å²) in [6, 6.07) is 14.9. The van der Waals surface area contributed by atoms with Gasteiger partial charge in [-0.15, -0.1) is 0 Å². The first-order chi connectivity index (χ1) is 14.4. The third-order valence-corrected chi connectivity index (χ3v) is 4.33. The zero-order valence-electron chi connectivity index (χ0n) is 16.0. The van der Waals surface area contributed by atoms with Gasteiger partial charge in [0.2, 0.25) is 0 Å². The highest BCUT2D eigenvalue weighted by molar-refractivity contribution is 5.97. The lowest BCUT2D eigenvalue weighted by atomic mass is 10.1. The Morgan fingerprint density at radius 1 is 1.13 bits per heavy atom. The quantitative estimate of drug-likeness (QED) is 0.537. The van der Waals surface area contributed by atoms with E-state index in [2.05, 4.69) is 10.4 Å². The van der Waals surface area contributed by atoms with Crippen LogP contribution in [0.3, 0.4) is 0 Å². The molecule has 1 amide bonds. The minimum atomic E-state index is -1.26. The molecule has 3 aromatic rings. The van der Waals surface area contributed by atoms with Crippen LogP contribution in [0.5, 0.6) is 11.5 Å². The van der Waals surface area contributed by atoms with E-state index in [0.717, 1.165) is 10.7 Å². The molecule has 0 aliphatic rings. The van der Waals surface area contributed by atoms with Crippen LogP contribution in [-0.2, 0) is 11.2 Å². The monoisotopic (exact) mass is 409 g/mol. The number of nitrogens with zero attached hydrogens (tertiary/aromatic N) is 2. The topological polar surface area (TPSA) is 131 Å². The van der Waals surface area contributed by atoms with Crippen LogP contribution in [0.1, 0.15) is 16.1 Å². The highest BCUT2D eigenvalue weighted by Gasteiger charge is 2.25. The van der Waals surface area contributed by atoms with Gasteiger partial charge in [0.15, 0.2) is 11.4 Å². The number of aliphatic carboxylic acids is 1. The van der Waals surface area contributed by atoms with E-state index in [0.29, 0.717) is 11.3 Å². The van der Waals surface area contributed by atoms with Crippen molar-refractivity contribution in [2.75, 3.05) is 7.11 Å². The fourth-order valence-corrected chi connectivity index (χ4v) is 2.86. The van der Waals surface area contributed by atoms with Crippen molar-refractivity contribution in [2.45, 2.75) is 12.5 Å². The predicted molar refractivity (Wildman–Crippen MR) is 107 cm³/mol. The van der Waals surface area contributed by atoms with Crippen molar-refractivity contribution in [3.63, 3.8) is 0 Å². The number of carbonyl (C=O) groups excluding carboxylic acids is 1. The van der Waals surface area contributed by atoms with Gasteiger partial charge in [-0.25, -0.2) is 4.79 Å². The molecule has 3 rings (SSSR count). The molecule has 1 aromatic heterocycles. The molecule has 0 spiro atoms. The number of hydrogen-bond acceptors (Lipinski definition) is 6. The smallest absolute Gasteiger partial charge is 0.326 e. The van der Waals surface area contributed by atoms with Crippen molar-refractivity contribution in [1.82, 2.24) is 15.1 Å². The summed E-state index contributed by atoms with van der Waals surface area (Å²) in [5, 5.41) is 25.8. The number of benzene rings is 2. The molecule has 1 unspecified atom stereocenters. The number of methoxy groups -OCH3 is 1. The maximum atomic E-state index is 12.7. The summed E-state index contributed by atoms with van der Waals surface area (Å²) in [6.45, 7) is 0. The van der Waals surface area contributed by atoms with Crippen molar-refractivity contribution in [1.29, 1.82) is 0 Å². The molecule has 3 N–H and O–H groups in total. The second-order valence-corrected chi connectivity index (χ2v) is 6.35. The molecule has 2 aromatic carbocycles. The molecule has 9 nitrogen and oxygen atoms in total. The molecular formula is C21H19N3O6. The minimum Gasteiger partial charge on any atom is -0.505 e. The predicted octanol–water partition coefficient (Wildman–Crippen LogP) is 1.37. The van der Waals surface area contributed by atoms with Gasteiger partial charge in [-0.2, -0.15) is 9.78 Å². The molecule has 0 fully saturated rings. The zero-order chi connectivity index (χ0) is 21.7. The van der Waals surface area contributed by atoms with E-state index in [1.807, 2.05) is 0 Å². The van der Waals surface area contributed by atoms with Crippen molar-refractivity contribution < 1.29 is 24.5 Å². The van der Waals surface area contributed by atoms with Crippen LogP contribution in [0.2, 0.25) is 0 Å². The van der Waals surface area contributed by atoms with Crippen molar-refractivity contribution in [3.8, 4) is 17.2 Å². The van der Waals surface area contributed by atoms with E-state index in [-0.39, 0.29) is 12.1 Å². The van der Waals surface area contributed by atoms with Gasteiger partial charge >= 0.3 is 5.97 Å². The fraction of sp³-hybridized carbons (Fsp3) is 0.143. The minimum absolute atomic E-state index is 0.0365. The summed E-state index contributed by atoms with van der Waals surface area (Å²) in [6.07, 6.45) is 0.0365. The number of aromatic hydroxyl groups is 1. The third-order valence-electron chi connectivity index (χ3n) is 4.33. The number of hydrogen-bond donors (Lipinski definition) is 3. The summed E-state index contributed by atoms with van der Waals surface area (Å²) in [5.41, 5.74) is -0.202. The number of rotatable bonds is 7. The van der Waals surface area contributed by atoms with Gasteiger partial charge in [0.1, 0.15) is 17.5 Å². The van der Waals surface area contributed by atoms with Crippen LogP contribution in [0.25, 0.3) is 5.69 Å². The van der Waals surface area contributed by atoms with E-state index >= 15 is 0 Å². The van der Waals surface area contributed by atoms with Crippen LogP contribution in [0.4, 0.5) is 0 Å². The Morgan fingerprint density at radius 2 is 1.80 bits per heavy atom. The van der Waals surface area contributed by atoms with Crippen LogP contribution < -0.4 is 15.6 Å². The van der Waals surface area contributed by atoms with E-state index in [1.54, 1.807) is 54.6 Å². The molecule has 0 radical (unpaired) electrons. The number of aromatic nitrogens is 2. The van der Waals surface area contributed by atoms with Gasteiger partial charge in [-0.3, -0.25) is 9.59 Å². The average molecular weight is 409 g/mol. The SMILES string of the molecule is COc1ccccc1-n1nc(C(=O)NC(Cc2ccccc2)C(=O)O)c(O)cc1=O. The molecular weight excluding hydrogens is 390 g/mol. The van der Waals surface area contributed by atoms with E-state index < -0.39 is 34.9 Å². The first-order valence-corrected chi connectivity index (χ1v) is 8.95. The van der Waals surface area contributed by atoms with Gasteiger partial charge in [0.25, 0.3) is 11.5 Å². The molecule has 0 aliphatic carbocycles. The summed E-state index contributed by atoms with van der Waals surface area (Å²) in [5.74, 6) is -2.51. The number of carboxylic acid groups (broad SMARTS) is 1. The van der Waals surface area contributed by atoms with E-state index in [4.69, 9.17) is 4.74 Å². The third kappa shape index (κ3) is 4.46. The normalized spacial score (nSPS) is 11.5. The Bertz CT molecular complexity index is 1130. The number of nitrogens with one attached hydrogen (secondary N) is 1. The van der Waals surface area contributed by atoms with Gasteiger partial charge < -0.3 is 20.3 Å². The Morgan fingerprint density at radius 3 is 2.47 bits per heavy atom. The van der Waals surface area contributed by atoms with E-state index in [1.165, 1.54) is 7.11 Å². The lowest BCUT2D eigenvalue weighted by molar-refractivity contribution is -0.139. The molecule has 9 heteroatoms. The number of amides is 1. The van der Waals surface area contributed by atoms with Crippen molar-refractivity contribution in [3.05, 3.63) is 82.3 Å². The largest absolute Gasteiger partial charge is 0.505 e. The standard InChI is InChI=1S/C21H19N3O6/c1-30-17-10-6-5-9-15(17)24-18(26)12-16(25)19(23-24)20(27)22-14(21(28)29)11-13-7-3-2-4-8-13/h2-10,12,14,25H,11H2,1H3,(H,22,27)(H,28,29). The molecule has 0 saturated carbocycles.